The third-order valence-corrected chi connectivity index (χ3v) is 5.61. The fraction of sp³-hybridized carbons (Fsp3) is 0.429. The van der Waals surface area contributed by atoms with Gasteiger partial charge in [0.1, 0.15) is 0 Å². The molecule has 2 fully saturated rings. The van der Waals surface area contributed by atoms with Gasteiger partial charge in [0, 0.05) is 11.8 Å². The van der Waals surface area contributed by atoms with E-state index in [-0.39, 0.29) is 35.5 Å². The number of rotatable bonds is 5. The number of benzene rings is 2. The molecule has 2 aromatic carbocycles. The van der Waals surface area contributed by atoms with E-state index in [0.717, 1.165) is 11.1 Å². The highest BCUT2D eigenvalue weighted by Crippen LogP contribution is 2.52. The van der Waals surface area contributed by atoms with Crippen molar-refractivity contribution in [2.45, 2.75) is 12.2 Å². The van der Waals surface area contributed by atoms with Crippen LogP contribution in [0.15, 0.2) is 30.3 Å². The van der Waals surface area contributed by atoms with E-state index in [9.17, 15) is 10.2 Å². The van der Waals surface area contributed by atoms with Gasteiger partial charge in [0.15, 0.2) is 23.0 Å². The van der Waals surface area contributed by atoms with Crippen LogP contribution in [0.5, 0.6) is 28.7 Å². The van der Waals surface area contributed by atoms with Crippen molar-refractivity contribution in [1.82, 2.24) is 0 Å². The molecule has 2 saturated heterocycles. The summed E-state index contributed by atoms with van der Waals surface area (Å²) in [5.74, 6) is 1.60. The predicted molar refractivity (Wildman–Crippen MR) is 100 cm³/mol. The van der Waals surface area contributed by atoms with E-state index in [4.69, 9.17) is 23.7 Å². The van der Waals surface area contributed by atoms with Crippen LogP contribution in [-0.2, 0) is 9.47 Å². The van der Waals surface area contributed by atoms with Gasteiger partial charge in [-0.15, -0.1) is 0 Å². The Kier molecular flexibility index (Phi) is 4.95. The lowest BCUT2D eigenvalue weighted by atomic mass is 9.85. The van der Waals surface area contributed by atoms with Crippen LogP contribution >= 0.6 is 0 Å². The van der Waals surface area contributed by atoms with Crippen LogP contribution in [-0.4, -0.2) is 44.8 Å². The largest absolute Gasteiger partial charge is 0.504 e. The molecule has 0 saturated carbocycles. The van der Waals surface area contributed by atoms with Crippen LogP contribution in [0.1, 0.15) is 23.3 Å². The Morgan fingerprint density at radius 2 is 1.36 bits per heavy atom. The molecule has 7 heteroatoms. The van der Waals surface area contributed by atoms with Gasteiger partial charge < -0.3 is 33.9 Å². The lowest BCUT2D eigenvalue weighted by molar-refractivity contribution is 0.0191. The Morgan fingerprint density at radius 1 is 0.750 bits per heavy atom. The molecule has 150 valence electrons. The maximum Gasteiger partial charge on any atom is 0.203 e. The van der Waals surface area contributed by atoms with Crippen LogP contribution in [0.25, 0.3) is 0 Å². The molecule has 0 amide bonds. The normalized spacial score (nSPS) is 26.1. The van der Waals surface area contributed by atoms with Crippen molar-refractivity contribution >= 4 is 0 Å². The quantitative estimate of drug-likeness (QED) is 0.813. The predicted octanol–water partition coefficient (Wildman–Crippen LogP) is 3.20. The van der Waals surface area contributed by atoms with Gasteiger partial charge in [-0.2, -0.15) is 0 Å². The Hall–Kier alpha value is -2.64. The smallest absolute Gasteiger partial charge is 0.203 e. The zero-order chi connectivity index (χ0) is 19.8. The summed E-state index contributed by atoms with van der Waals surface area (Å²) in [5.41, 5.74) is 1.77. The first-order valence-electron chi connectivity index (χ1n) is 9.12. The summed E-state index contributed by atoms with van der Waals surface area (Å²) in [6.07, 6.45) is -0.349. The summed E-state index contributed by atoms with van der Waals surface area (Å²) < 4.78 is 28.0. The molecule has 2 heterocycles. The van der Waals surface area contributed by atoms with Gasteiger partial charge in [-0.05, 0) is 35.4 Å². The van der Waals surface area contributed by atoms with Crippen LogP contribution in [0, 0.1) is 11.8 Å². The minimum atomic E-state index is -0.209. The molecule has 0 unspecified atom stereocenters. The molecule has 2 N–H and O–H groups in total. The standard InChI is InChI=1S/C21H24O7/c1-24-17-7-11(4-5-15(17)22)19-13-9-28-20(14(13)10-27-19)12-6-16(23)21(26-3)18(8-12)25-2/h4-8,13-14,19-20,22-23H,9-10H2,1-3H3/t13-,14-,19+,20+/m0/s1. The second kappa shape index (κ2) is 7.41. The highest BCUT2D eigenvalue weighted by molar-refractivity contribution is 5.53. The van der Waals surface area contributed by atoms with Crippen LogP contribution in [0.3, 0.4) is 0 Å². The first kappa shape index (κ1) is 18.7. The molecule has 0 aromatic heterocycles. The highest BCUT2D eigenvalue weighted by Gasteiger charge is 2.48. The number of ether oxygens (including phenoxy) is 5. The van der Waals surface area contributed by atoms with Crippen molar-refractivity contribution in [3.05, 3.63) is 41.5 Å². The number of phenols is 2. The number of hydrogen-bond acceptors (Lipinski definition) is 7. The molecule has 0 radical (unpaired) electrons. The van der Waals surface area contributed by atoms with Crippen molar-refractivity contribution in [1.29, 1.82) is 0 Å². The highest BCUT2D eigenvalue weighted by atomic mass is 16.5. The molecule has 0 spiro atoms. The maximum absolute atomic E-state index is 10.3. The molecule has 0 aliphatic carbocycles. The Bertz CT molecular complexity index is 866. The number of aromatic hydroxyl groups is 2. The molecule has 4 atom stereocenters. The number of hydrogen-bond donors (Lipinski definition) is 2. The van der Waals surface area contributed by atoms with Gasteiger partial charge in [-0.3, -0.25) is 0 Å². The van der Waals surface area contributed by atoms with E-state index in [2.05, 4.69) is 0 Å². The molecule has 2 aliphatic rings. The summed E-state index contributed by atoms with van der Waals surface area (Å²) in [6.45, 7) is 1.08. The molecule has 4 rings (SSSR count). The summed E-state index contributed by atoms with van der Waals surface area (Å²) in [4.78, 5) is 0. The maximum atomic E-state index is 10.3. The summed E-state index contributed by atoms with van der Waals surface area (Å²) in [7, 11) is 4.54. The molecule has 2 aliphatic heterocycles. The van der Waals surface area contributed by atoms with E-state index in [1.165, 1.54) is 21.3 Å². The lowest BCUT2D eigenvalue weighted by Crippen LogP contribution is -2.14. The minimum absolute atomic E-state index is 0.0163. The first-order valence-corrected chi connectivity index (χ1v) is 9.12. The Morgan fingerprint density at radius 3 is 1.96 bits per heavy atom. The first-order chi connectivity index (χ1) is 13.6. The van der Waals surface area contributed by atoms with Crippen LogP contribution in [0.2, 0.25) is 0 Å². The Balaban J connectivity index is 1.60. The number of fused-ring (bicyclic) bond motifs is 1. The summed E-state index contributed by atoms with van der Waals surface area (Å²) >= 11 is 0. The average molecular weight is 388 g/mol. The Labute approximate surface area is 163 Å². The van der Waals surface area contributed by atoms with E-state index >= 15 is 0 Å². The fourth-order valence-corrected chi connectivity index (χ4v) is 4.24. The zero-order valence-corrected chi connectivity index (χ0v) is 16.0. The van der Waals surface area contributed by atoms with Crippen LogP contribution in [0.4, 0.5) is 0 Å². The van der Waals surface area contributed by atoms with E-state index in [0.29, 0.717) is 30.5 Å². The summed E-state index contributed by atoms with van der Waals surface area (Å²) in [5, 5.41) is 20.1. The van der Waals surface area contributed by atoms with Crippen molar-refractivity contribution in [3.8, 4) is 28.7 Å². The fourth-order valence-electron chi connectivity index (χ4n) is 4.24. The number of phenolic OH excluding ortho intramolecular Hbond substituents is 2. The van der Waals surface area contributed by atoms with Crippen molar-refractivity contribution in [2.24, 2.45) is 11.8 Å². The van der Waals surface area contributed by atoms with Gasteiger partial charge in [0.2, 0.25) is 5.75 Å². The number of methoxy groups -OCH3 is 3. The van der Waals surface area contributed by atoms with Crippen molar-refractivity contribution < 1.29 is 33.9 Å². The van der Waals surface area contributed by atoms with E-state index < -0.39 is 0 Å². The SMILES string of the molecule is COc1cc([C@H]2OC[C@H]3[C@@H]2CO[C@@H]3c2cc(O)c(OC)c(OC)c2)ccc1O. The topological polar surface area (TPSA) is 86.6 Å². The zero-order valence-electron chi connectivity index (χ0n) is 16.0. The second-order valence-corrected chi connectivity index (χ2v) is 7.04. The van der Waals surface area contributed by atoms with Gasteiger partial charge in [-0.1, -0.05) is 6.07 Å². The molecule has 7 nitrogen and oxygen atoms in total. The molecule has 28 heavy (non-hydrogen) atoms. The molecular weight excluding hydrogens is 364 g/mol. The third-order valence-electron chi connectivity index (χ3n) is 5.61. The van der Waals surface area contributed by atoms with Crippen LogP contribution < -0.4 is 14.2 Å². The van der Waals surface area contributed by atoms with Gasteiger partial charge in [-0.25, -0.2) is 0 Å². The van der Waals surface area contributed by atoms with E-state index in [1.54, 1.807) is 18.2 Å². The average Bonchev–Trinajstić information content (AvgIpc) is 3.30. The van der Waals surface area contributed by atoms with Gasteiger partial charge >= 0.3 is 0 Å². The molecule has 0 bridgehead atoms. The van der Waals surface area contributed by atoms with Crippen molar-refractivity contribution in [3.63, 3.8) is 0 Å². The molecule has 2 aromatic rings. The lowest BCUT2D eigenvalue weighted by Gasteiger charge is -2.19. The van der Waals surface area contributed by atoms with E-state index in [1.807, 2.05) is 12.1 Å². The minimum Gasteiger partial charge on any atom is -0.504 e. The van der Waals surface area contributed by atoms with Gasteiger partial charge in [0.25, 0.3) is 0 Å². The monoisotopic (exact) mass is 388 g/mol. The molecular formula is C21H24O7. The second-order valence-electron chi connectivity index (χ2n) is 7.04. The third kappa shape index (κ3) is 3.00. The van der Waals surface area contributed by atoms with Crippen molar-refractivity contribution in [2.75, 3.05) is 34.5 Å². The van der Waals surface area contributed by atoms with Gasteiger partial charge in [0.05, 0.1) is 46.8 Å². The summed E-state index contributed by atoms with van der Waals surface area (Å²) in [6, 6.07) is 8.76.